The SMILES string of the molecule is CCOc1ccccc1CCC(=O)OC(C)C(=O)Nc1ccc(C)cc1C. The molecule has 5 nitrogen and oxygen atoms in total. The quantitative estimate of drug-likeness (QED) is 0.708. The smallest absolute Gasteiger partial charge is 0.306 e. The molecule has 0 bridgehead atoms. The first-order valence-corrected chi connectivity index (χ1v) is 9.19. The van der Waals surface area contributed by atoms with Gasteiger partial charge in [-0.25, -0.2) is 0 Å². The van der Waals surface area contributed by atoms with E-state index in [-0.39, 0.29) is 12.3 Å². The number of benzene rings is 2. The zero-order valence-corrected chi connectivity index (χ0v) is 16.4. The number of ether oxygens (including phenoxy) is 2. The Morgan fingerprint density at radius 1 is 1.11 bits per heavy atom. The van der Waals surface area contributed by atoms with Crippen LogP contribution in [0.1, 0.15) is 37.0 Å². The van der Waals surface area contributed by atoms with Crippen molar-refractivity contribution in [3.05, 3.63) is 59.2 Å². The van der Waals surface area contributed by atoms with Crippen LogP contribution in [0.3, 0.4) is 0 Å². The van der Waals surface area contributed by atoms with Gasteiger partial charge in [-0.05, 0) is 57.4 Å². The van der Waals surface area contributed by atoms with Gasteiger partial charge < -0.3 is 14.8 Å². The molecule has 1 N–H and O–H groups in total. The molecule has 0 saturated heterocycles. The van der Waals surface area contributed by atoms with Gasteiger partial charge >= 0.3 is 5.97 Å². The highest BCUT2D eigenvalue weighted by atomic mass is 16.5. The van der Waals surface area contributed by atoms with Gasteiger partial charge in [-0.2, -0.15) is 0 Å². The van der Waals surface area contributed by atoms with Crippen LogP contribution in [0.5, 0.6) is 5.75 Å². The maximum absolute atomic E-state index is 12.3. The van der Waals surface area contributed by atoms with Gasteiger partial charge in [-0.3, -0.25) is 9.59 Å². The van der Waals surface area contributed by atoms with Crippen molar-refractivity contribution in [3.8, 4) is 5.75 Å². The topological polar surface area (TPSA) is 64.6 Å². The Bertz CT molecular complexity index is 801. The lowest BCUT2D eigenvalue weighted by atomic mass is 10.1. The molecule has 1 amide bonds. The Labute approximate surface area is 160 Å². The van der Waals surface area contributed by atoms with E-state index in [2.05, 4.69) is 5.32 Å². The molecular formula is C22H27NO4. The van der Waals surface area contributed by atoms with Crippen molar-refractivity contribution in [2.75, 3.05) is 11.9 Å². The van der Waals surface area contributed by atoms with Crippen LogP contribution in [0.25, 0.3) is 0 Å². The Balaban J connectivity index is 1.87. The summed E-state index contributed by atoms with van der Waals surface area (Å²) in [4.78, 5) is 24.4. The van der Waals surface area contributed by atoms with Crippen LogP contribution in [0.2, 0.25) is 0 Å². The zero-order chi connectivity index (χ0) is 19.8. The lowest BCUT2D eigenvalue weighted by Crippen LogP contribution is -2.30. The van der Waals surface area contributed by atoms with Crippen molar-refractivity contribution < 1.29 is 19.1 Å². The van der Waals surface area contributed by atoms with Gasteiger partial charge in [-0.15, -0.1) is 0 Å². The summed E-state index contributed by atoms with van der Waals surface area (Å²) in [5, 5.41) is 2.81. The standard InChI is InChI=1S/C22H27NO4/c1-5-26-20-9-7-6-8-18(20)11-13-21(24)27-17(4)22(25)23-19-12-10-15(2)14-16(19)3/h6-10,12,14,17H,5,11,13H2,1-4H3,(H,23,25). The molecular weight excluding hydrogens is 342 g/mol. The van der Waals surface area contributed by atoms with Gasteiger partial charge in [0, 0.05) is 12.1 Å². The third-order valence-electron chi connectivity index (χ3n) is 4.19. The van der Waals surface area contributed by atoms with Crippen LogP contribution in [-0.4, -0.2) is 24.6 Å². The zero-order valence-electron chi connectivity index (χ0n) is 16.4. The van der Waals surface area contributed by atoms with Crippen LogP contribution in [0.4, 0.5) is 5.69 Å². The number of carbonyl (C=O) groups is 2. The predicted molar refractivity (Wildman–Crippen MR) is 106 cm³/mol. The minimum Gasteiger partial charge on any atom is -0.494 e. The number of nitrogens with one attached hydrogen (secondary N) is 1. The third kappa shape index (κ3) is 6.13. The Kier molecular flexibility index (Phi) is 7.41. The summed E-state index contributed by atoms with van der Waals surface area (Å²) < 4.78 is 10.8. The van der Waals surface area contributed by atoms with Crippen molar-refractivity contribution in [3.63, 3.8) is 0 Å². The van der Waals surface area contributed by atoms with Gasteiger partial charge in [0.25, 0.3) is 5.91 Å². The summed E-state index contributed by atoms with van der Waals surface area (Å²) >= 11 is 0. The molecule has 2 rings (SSSR count). The predicted octanol–water partition coefficient (Wildman–Crippen LogP) is 4.21. The Morgan fingerprint density at radius 2 is 1.85 bits per heavy atom. The molecule has 0 radical (unpaired) electrons. The van der Waals surface area contributed by atoms with Crippen LogP contribution in [-0.2, 0) is 20.7 Å². The molecule has 2 aromatic rings. The lowest BCUT2D eigenvalue weighted by molar-refractivity contribution is -0.153. The normalized spacial score (nSPS) is 11.6. The molecule has 0 aliphatic carbocycles. The highest BCUT2D eigenvalue weighted by Crippen LogP contribution is 2.20. The van der Waals surface area contributed by atoms with Crippen molar-refractivity contribution in [1.29, 1.82) is 0 Å². The van der Waals surface area contributed by atoms with E-state index in [1.165, 1.54) is 0 Å². The highest BCUT2D eigenvalue weighted by molar-refractivity contribution is 5.95. The first-order valence-electron chi connectivity index (χ1n) is 9.19. The summed E-state index contributed by atoms with van der Waals surface area (Å²) in [5.74, 6) is 0.0167. The molecule has 1 atom stereocenters. The molecule has 0 aliphatic rings. The second kappa shape index (κ2) is 9.76. The Morgan fingerprint density at radius 3 is 2.56 bits per heavy atom. The number of para-hydroxylation sites is 1. The summed E-state index contributed by atoms with van der Waals surface area (Å²) in [6.07, 6.45) is -0.175. The van der Waals surface area contributed by atoms with Crippen molar-refractivity contribution in [2.45, 2.75) is 46.6 Å². The average molecular weight is 369 g/mol. The minimum atomic E-state index is -0.861. The van der Waals surface area contributed by atoms with Crippen LogP contribution in [0.15, 0.2) is 42.5 Å². The van der Waals surface area contributed by atoms with Crippen LogP contribution < -0.4 is 10.1 Å². The Hall–Kier alpha value is -2.82. The molecule has 0 spiro atoms. The molecule has 0 heterocycles. The van der Waals surface area contributed by atoms with Gasteiger partial charge in [0.15, 0.2) is 6.10 Å². The molecule has 1 unspecified atom stereocenters. The average Bonchev–Trinajstić information content (AvgIpc) is 2.63. The third-order valence-corrected chi connectivity index (χ3v) is 4.19. The van der Waals surface area contributed by atoms with Gasteiger partial charge in [0.1, 0.15) is 5.75 Å². The van der Waals surface area contributed by atoms with Crippen LogP contribution >= 0.6 is 0 Å². The second-order valence-corrected chi connectivity index (χ2v) is 6.48. The number of esters is 1. The first kappa shape index (κ1) is 20.5. The molecule has 2 aromatic carbocycles. The van der Waals surface area contributed by atoms with Gasteiger partial charge in [-0.1, -0.05) is 35.9 Å². The number of amides is 1. The maximum atomic E-state index is 12.3. The number of aryl methyl sites for hydroxylation is 3. The molecule has 144 valence electrons. The lowest BCUT2D eigenvalue weighted by Gasteiger charge is -2.15. The maximum Gasteiger partial charge on any atom is 0.306 e. The van der Waals surface area contributed by atoms with Crippen molar-refractivity contribution in [2.24, 2.45) is 0 Å². The highest BCUT2D eigenvalue weighted by Gasteiger charge is 2.19. The minimum absolute atomic E-state index is 0.186. The number of carbonyl (C=O) groups excluding carboxylic acids is 2. The fourth-order valence-electron chi connectivity index (χ4n) is 2.74. The molecule has 0 aromatic heterocycles. The monoisotopic (exact) mass is 369 g/mol. The second-order valence-electron chi connectivity index (χ2n) is 6.48. The number of anilines is 1. The first-order chi connectivity index (χ1) is 12.9. The van der Waals surface area contributed by atoms with Crippen molar-refractivity contribution in [1.82, 2.24) is 0 Å². The molecule has 5 heteroatoms. The molecule has 27 heavy (non-hydrogen) atoms. The summed E-state index contributed by atoms with van der Waals surface area (Å²) in [5.41, 5.74) is 3.76. The largest absolute Gasteiger partial charge is 0.494 e. The van der Waals surface area contributed by atoms with Gasteiger partial charge in [0.2, 0.25) is 0 Å². The van der Waals surface area contributed by atoms with E-state index in [4.69, 9.17) is 9.47 Å². The fraction of sp³-hybridized carbons (Fsp3) is 0.364. The molecule has 0 aliphatic heterocycles. The van der Waals surface area contributed by atoms with Crippen molar-refractivity contribution >= 4 is 17.6 Å². The van der Waals surface area contributed by atoms with E-state index in [0.717, 1.165) is 28.1 Å². The van der Waals surface area contributed by atoms with E-state index in [0.29, 0.717) is 13.0 Å². The summed E-state index contributed by atoms with van der Waals surface area (Å²) in [7, 11) is 0. The summed E-state index contributed by atoms with van der Waals surface area (Å²) in [6, 6.07) is 13.4. The molecule has 0 fully saturated rings. The van der Waals surface area contributed by atoms with Gasteiger partial charge in [0.05, 0.1) is 6.61 Å². The van der Waals surface area contributed by atoms with E-state index < -0.39 is 12.1 Å². The number of rotatable bonds is 8. The fourth-order valence-corrected chi connectivity index (χ4v) is 2.74. The molecule has 0 saturated carbocycles. The van der Waals surface area contributed by atoms with E-state index >= 15 is 0 Å². The van der Waals surface area contributed by atoms with E-state index in [1.54, 1.807) is 6.92 Å². The number of hydrogen-bond acceptors (Lipinski definition) is 4. The van der Waals surface area contributed by atoms with E-state index in [1.807, 2.05) is 63.2 Å². The summed E-state index contributed by atoms with van der Waals surface area (Å²) in [6.45, 7) is 7.98. The van der Waals surface area contributed by atoms with Crippen LogP contribution in [0, 0.1) is 13.8 Å². The number of hydrogen-bond donors (Lipinski definition) is 1. The van der Waals surface area contributed by atoms with E-state index in [9.17, 15) is 9.59 Å².